The van der Waals surface area contributed by atoms with Gasteiger partial charge in [-0.25, -0.2) is 4.98 Å². The second kappa shape index (κ2) is 6.11. The lowest BCUT2D eigenvalue weighted by molar-refractivity contribution is 0.175. The molecule has 2 aromatic carbocycles. The van der Waals surface area contributed by atoms with E-state index in [4.69, 9.17) is 4.98 Å². The highest BCUT2D eigenvalue weighted by atomic mass is 16.3. The molecular weight excluding hydrogens is 284 g/mol. The van der Waals surface area contributed by atoms with Crippen LogP contribution in [0.4, 0.5) is 0 Å². The van der Waals surface area contributed by atoms with Crippen molar-refractivity contribution in [2.24, 2.45) is 0 Å². The van der Waals surface area contributed by atoms with E-state index >= 15 is 0 Å². The van der Waals surface area contributed by atoms with Crippen LogP contribution in [-0.2, 0) is 6.54 Å². The molecule has 4 rings (SSSR count). The summed E-state index contributed by atoms with van der Waals surface area (Å²) in [6, 6.07) is 20.8. The molecule has 1 saturated heterocycles. The first-order valence-corrected chi connectivity index (χ1v) is 8.14. The number of likely N-dealkylation sites (tertiary alicyclic amines) is 1. The summed E-state index contributed by atoms with van der Waals surface area (Å²) in [7, 11) is 0. The van der Waals surface area contributed by atoms with E-state index in [1.165, 1.54) is 10.9 Å². The Bertz CT molecular complexity index is 816. The predicted molar refractivity (Wildman–Crippen MR) is 93.1 cm³/mol. The molecule has 1 atom stereocenters. The highest BCUT2D eigenvalue weighted by Gasteiger charge is 2.21. The lowest BCUT2D eigenvalue weighted by Gasteiger charge is -2.18. The van der Waals surface area contributed by atoms with Gasteiger partial charge < -0.3 is 5.11 Å². The van der Waals surface area contributed by atoms with Gasteiger partial charge in [-0.3, -0.25) is 4.90 Å². The molecule has 1 aliphatic heterocycles. The minimum Gasteiger partial charge on any atom is -0.392 e. The van der Waals surface area contributed by atoms with Crippen LogP contribution in [-0.4, -0.2) is 34.2 Å². The Morgan fingerprint density at radius 1 is 1.04 bits per heavy atom. The van der Waals surface area contributed by atoms with E-state index < -0.39 is 0 Å². The van der Waals surface area contributed by atoms with Gasteiger partial charge >= 0.3 is 0 Å². The zero-order chi connectivity index (χ0) is 15.6. The SMILES string of the molecule is O[C@@H]1CCN(Cc2cc3ccccc3nc2-c2ccccc2)C1. The van der Waals surface area contributed by atoms with Crippen LogP contribution in [0.3, 0.4) is 0 Å². The Kier molecular flexibility index (Phi) is 3.82. The van der Waals surface area contributed by atoms with E-state index in [2.05, 4.69) is 53.4 Å². The lowest BCUT2D eigenvalue weighted by atomic mass is 10.0. The molecule has 1 N–H and O–H groups in total. The highest BCUT2D eigenvalue weighted by molar-refractivity contribution is 5.83. The summed E-state index contributed by atoms with van der Waals surface area (Å²) >= 11 is 0. The fraction of sp³-hybridized carbons (Fsp3) is 0.250. The van der Waals surface area contributed by atoms with Crippen molar-refractivity contribution >= 4 is 10.9 Å². The average Bonchev–Trinajstić information content (AvgIpc) is 3.00. The number of hydrogen-bond donors (Lipinski definition) is 1. The number of aliphatic hydroxyl groups excluding tert-OH is 1. The smallest absolute Gasteiger partial charge is 0.0754 e. The zero-order valence-corrected chi connectivity index (χ0v) is 13.0. The average molecular weight is 304 g/mol. The highest BCUT2D eigenvalue weighted by Crippen LogP contribution is 2.27. The second-order valence-electron chi connectivity index (χ2n) is 6.23. The first kappa shape index (κ1) is 14.4. The van der Waals surface area contributed by atoms with Crippen LogP contribution in [0, 0.1) is 0 Å². The maximum Gasteiger partial charge on any atom is 0.0754 e. The van der Waals surface area contributed by atoms with E-state index in [0.29, 0.717) is 0 Å². The topological polar surface area (TPSA) is 36.4 Å². The molecule has 0 spiro atoms. The summed E-state index contributed by atoms with van der Waals surface area (Å²) in [6.45, 7) is 2.53. The Balaban J connectivity index is 1.79. The van der Waals surface area contributed by atoms with Crippen LogP contribution in [0.1, 0.15) is 12.0 Å². The number of β-amino-alcohol motifs (C(OH)–C–C–N with tert-alkyl or cyclic N) is 1. The third-order valence-corrected chi connectivity index (χ3v) is 4.49. The van der Waals surface area contributed by atoms with Crippen molar-refractivity contribution in [3.8, 4) is 11.3 Å². The van der Waals surface area contributed by atoms with Crippen LogP contribution in [0.25, 0.3) is 22.2 Å². The number of pyridine rings is 1. The molecule has 1 aromatic heterocycles. The minimum atomic E-state index is -0.191. The molecular formula is C20H20N2O. The van der Waals surface area contributed by atoms with Crippen LogP contribution in [0.15, 0.2) is 60.7 Å². The van der Waals surface area contributed by atoms with Gasteiger partial charge in [0.15, 0.2) is 0 Å². The molecule has 0 saturated carbocycles. The summed E-state index contributed by atoms with van der Waals surface area (Å²) in [4.78, 5) is 7.23. The van der Waals surface area contributed by atoms with Crippen LogP contribution >= 0.6 is 0 Å². The molecule has 116 valence electrons. The van der Waals surface area contributed by atoms with Gasteiger partial charge in [-0.1, -0.05) is 48.5 Å². The summed E-state index contributed by atoms with van der Waals surface area (Å²) < 4.78 is 0. The molecule has 1 aliphatic rings. The van der Waals surface area contributed by atoms with Crippen molar-refractivity contribution in [1.29, 1.82) is 0 Å². The number of aromatic nitrogens is 1. The number of para-hydroxylation sites is 1. The van der Waals surface area contributed by atoms with Crippen LogP contribution < -0.4 is 0 Å². The first-order valence-electron chi connectivity index (χ1n) is 8.14. The van der Waals surface area contributed by atoms with Gasteiger partial charge in [0.05, 0.1) is 17.3 Å². The fourth-order valence-electron chi connectivity index (χ4n) is 3.32. The quantitative estimate of drug-likeness (QED) is 0.805. The van der Waals surface area contributed by atoms with Gasteiger partial charge in [0, 0.05) is 30.6 Å². The third-order valence-electron chi connectivity index (χ3n) is 4.49. The Morgan fingerprint density at radius 2 is 1.83 bits per heavy atom. The molecule has 3 nitrogen and oxygen atoms in total. The molecule has 0 bridgehead atoms. The van der Waals surface area contributed by atoms with Crippen molar-refractivity contribution in [3.63, 3.8) is 0 Å². The van der Waals surface area contributed by atoms with Gasteiger partial charge in [-0.2, -0.15) is 0 Å². The predicted octanol–water partition coefficient (Wildman–Crippen LogP) is 3.47. The van der Waals surface area contributed by atoms with Crippen molar-refractivity contribution in [2.75, 3.05) is 13.1 Å². The number of benzene rings is 2. The van der Waals surface area contributed by atoms with Crippen molar-refractivity contribution in [2.45, 2.75) is 19.1 Å². The van der Waals surface area contributed by atoms with Gasteiger partial charge in [-0.15, -0.1) is 0 Å². The summed E-state index contributed by atoms with van der Waals surface area (Å²) in [5, 5.41) is 10.9. The largest absolute Gasteiger partial charge is 0.392 e. The van der Waals surface area contributed by atoms with E-state index in [-0.39, 0.29) is 6.10 Å². The molecule has 3 heteroatoms. The molecule has 23 heavy (non-hydrogen) atoms. The number of rotatable bonds is 3. The van der Waals surface area contributed by atoms with E-state index in [1.54, 1.807) is 0 Å². The van der Waals surface area contributed by atoms with E-state index in [0.717, 1.165) is 42.8 Å². The summed E-state index contributed by atoms with van der Waals surface area (Å²) in [5.74, 6) is 0. The molecule has 3 aromatic rings. The van der Waals surface area contributed by atoms with Gasteiger partial charge in [0.25, 0.3) is 0 Å². The second-order valence-corrected chi connectivity index (χ2v) is 6.23. The van der Waals surface area contributed by atoms with Gasteiger partial charge in [-0.05, 0) is 24.1 Å². The number of aliphatic hydroxyl groups is 1. The van der Waals surface area contributed by atoms with Gasteiger partial charge in [0.1, 0.15) is 0 Å². The first-order chi connectivity index (χ1) is 11.3. The monoisotopic (exact) mass is 304 g/mol. The molecule has 1 fully saturated rings. The number of fused-ring (bicyclic) bond motifs is 1. The van der Waals surface area contributed by atoms with Gasteiger partial charge in [0.2, 0.25) is 0 Å². The number of nitrogens with zero attached hydrogens (tertiary/aromatic N) is 2. The normalized spacial score (nSPS) is 18.6. The number of hydrogen-bond acceptors (Lipinski definition) is 3. The third kappa shape index (κ3) is 2.98. The Hall–Kier alpha value is -2.23. The Morgan fingerprint density at radius 3 is 2.61 bits per heavy atom. The molecule has 0 radical (unpaired) electrons. The lowest BCUT2D eigenvalue weighted by Crippen LogP contribution is -2.22. The minimum absolute atomic E-state index is 0.191. The zero-order valence-electron chi connectivity index (χ0n) is 13.0. The molecule has 0 unspecified atom stereocenters. The molecule has 0 amide bonds. The van der Waals surface area contributed by atoms with Crippen molar-refractivity contribution in [3.05, 3.63) is 66.2 Å². The van der Waals surface area contributed by atoms with Crippen molar-refractivity contribution < 1.29 is 5.11 Å². The summed E-state index contributed by atoms with van der Waals surface area (Å²) in [5.41, 5.74) is 4.44. The standard InChI is InChI=1S/C20H20N2O/c23-18-10-11-22(14-18)13-17-12-16-8-4-5-9-19(16)21-20(17)15-6-2-1-3-7-15/h1-9,12,18,23H,10-11,13-14H2/t18-/m1/s1. The summed E-state index contributed by atoms with van der Waals surface area (Å²) in [6.07, 6.45) is 0.672. The van der Waals surface area contributed by atoms with E-state index in [1.807, 2.05) is 12.1 Å². The molecule has 2 heterocycles. The van der Waals surface area contributed by atoms with E-state index in [9.17, 15) is 5.11 Å². The maximum atomic E-state index is 9.78. The van der Waals surface area contributed by atoms with Crippen LogP contribution in [0.2, 0.25) is 0 Å². The Labute approximate surface area is 136 Å². The fourth-order valence-corrected chi connectivity index (χ4v) is 3.32. The maximum absolute atomic E-state index is 9.78. The molecule has 0 aliphatic carbocycles. The van der Waals surface area contributed by atoms with Crippen molar-refractivity contribution in [1.82, 2.24) is 9.88 Å². The van der Waals surface area contributed by atoms with Crippen LogP contribution in [0.5, 0.6) is 0 Å².